The van der Waals surface area contributed by atoms with Crippen LogP contribution in [0.1, 0.15) is 19.5 Å². The lowest BCUT2D eigenvalue weighted by Crippen LogP contribution is -2.63. The van der Waals surface area contributed by atoms with Gasteiger partial charge in [0, 0.05) is 31.7 Å². The van der Waals surface area contributed by atoms with Crippen LogP contribution in [0.15, 0.2) is 22.4 Å². The summed E-state index contributed by atoms with van der Waals surface area (Å²) in [5, 5.41) is 0.704. The number of nitrogens with zero attached hydrogens (tertiary/aromatic N) is 7. The second kappa shape index (κ2) is 8.54. The molecule has 0 aliphatic carbocycles. The van der Waals surface area contributed by atoms with E-state index in [0.717, 1.165) is 11.7 Å². The van der Waals surface area contributed by atoms with Crippen molar-refractivity contribution in [3.63, 3.8) is 0 Å². The van der Waals surface area contributed by atoms with E-state index in [0.29, 0.717) is 36.4 Å². The lowest BCUT2D eigenvalue weighted by Gasteiger charge is -2.33. The third-order valence-electron chi connectivity index (χ3n) is 5.55. The van der Waals surface area contributed by atoms with E-state index in [2.05, 4.69) is 14.5 Å². The Kier molecular flexibility index (Phi) is 5.98. The van der Waals surface area contributed by atoms with Crippen molar-refractivity contribution in [1.82, 2.24) is 24.7 Å². The Morgan fingerprint density at radius 3 is 2.58 bits per heavy atom. The van der Waals surface area contributed by atoms with Gasteiger partial charge < -0.3 is 4.74 Å². The first kappa shape index (κ1) is 21.7. The molecule has 1 aromatic rings. The maximum absolute atomic E-state index is 13.1. The van der Waals surface area contributed by atoms with E-state index in [9.17, 15) is 9.59 Å². The molecule has 1 aromatic heterocycles. The fraction of sp³-hybridized carbons (Fsp3) is 0.600. The molecule has 31 heavy (non-hydrogen) atoms. The lowest BCUT2D eigenvalue weighted by molar-refractivity contribution is -0.571. The molecule has 0 saturated carbocycles. The van der Waals surface area contributed by atoms with Crippen molar-refractivity contribution < 1.29 is 18.9 Å². The number of aromatic nitrogens is 2. The van der Waals surface area contributed by atoms with Crippen molar-refractivity contribution in [2.24, 2.45) is 4.99 Å². The van der Waals surface area contributed by atoms with Gasteiger partial charge in [-0.1, -0.05) is 16.8 Å². The third-order valence-corrected chi connectivity index (χ3v) is 6.39. The van der Waals surface area contributed by atoms with Crippen LogP contribution in [0.25, 0.3) is 0 Å². The van der Waals surface area contributed by atoms with Gasteiger partial charge >= 0.3 is 12.0 Å². The smallest absolute Gasteiger partial charge is 0.369 e. The Morgan fingerprint density at radius 2 is 1.90 bits per heavy atom. The summed E-state index contributed by atoms with van der Waals surface area (Å²) in [6.07, 6.45) is 1.85. The molecule has 10 nitrogen and oxygen atoms in total. The van der Waals surface area contributed by atoms with E-state index >= 15 is 0 Å². The minimum Gasteiger partial charge on any atom is -0.369 e. The van der Waals surface area contributed by atoms with Gasteiger partial charge in [-0.25, -0.2) is 19.7 Å². The number of fused-ring (bicyclic) bond motifs is 1. The number of amidine groups is 1. The number of imide groups is 1. The first-order chi connectivity index (χ1) is 14.8. The average molecular weight is 447 g/mol. The SMILES string of the molecule is Cc1ccnc(SCCN2C(=[N+]3CC(C)OC(C)C3)N=C3C2C(=O)N(C)C(=O)N3C)n1. The number of ether oxygens (including phenoxy) is 1. The Bertz CT molecular complexity index is 954. The number of aliphatic imine (C=N–C) groups is 1. The predicted molar refractivity (Wildman–Crippen MR) is 116 cm³/mol. The Balaban J connectivity index is 1.63. The van der Waals surface area contributed by atoms with E-state index in [-0.39, 0.29) is 24.1 Å². The van der Waals surface area contributed by atoms with E-state index in [1.165, 1.54) is 28.6 Å². The van der Waals surface area contributed by atoms with Crippen molar-refractivity contribution in [2.45, 2.75) is 44.2 Å². The Hall–Kier alpha value is -2.53. The summed E-state index contributed by atoms with van der Waals surface area (Å²) in [7, 11) is 3.18. The lowest BCUT2D eigenvalue weighted by atomic mass is 10.1. The van der Waals surface area contributed by atoms with Crippen LogP contribution in [0.3, 0.4) is 0 Å². The molecule has 3 unspecified atom stereocenters. The molecular weight excluding hydrogens is 418 g/mol. The summed E-state index contributed by atoms with van der Waals surface area (Å²) in [6.45, 7) is 7.91. The van der Waals surface area contributed by atoms with Crippen LogP contribution in [0.4, 0.5) is 4.79 Å². The van der Waals surface area contributed by atoms with Gasteiger partial charge in [-0.05, 0) is 26.8 Å². The number of rotatable bonds is 4. The van der Waals surface area contributed by atoms with E-state index in [1.807, 2.05) is 31.7 Å². The molecule has 0 radical (unpaired) electrons. The maximum atomic E-state index is 13.1. The largest absolute Gasteiger partial charge is 0.392 e. The first-order valence-electron chi connectivity index (χ1n) is 10.4. The zero-order chi connectivity index (χ0) is 22.3. The molecule has 11 heteroatoms. The van der Waals surface area contributed by atoms with Crippen molar-refractivity contribution in [3.05, 3.63) is 18.0 Å². The van der Waals surface area contributed by atoms with Gasteiger partial charge in [-0.2, -0.15) is 0 Å². The standard InChI is InChI=1S/C20H28N7O3S/c1-12-6-7-21-18(22-12)31-9-8-27-15-16(24(4)20(29)25(5)17(15)28)23-19(27)26-10-13(2)30-14(3)11-26/h6-7,13-15H,8-11H2,1-5H3/q+1. The minimum absolute atomic E-state index is 0.0498. The molecule has 3 amide bonds. The number of guanidine groups is 1. The number of thioether (sulfide) groups is 1. The highest BCUT2D eigenvalue weighted by atomic mass is 32.2. The molecule has 4 rings (SSSR count). The fourth-order valence-electron chi connectivity index (χ4n) is 4.14. The van der Waals surface area contributed by atoms with Crippen LogP contribution in [-0.2, 0) is 9.53 Å². The van der Waals surface area contributed by atoms with Crippen LogP contribution in [0.2, 0.25) is 0 Å². The Morgan fingerprint density at radius 1 is 1.19 bits per heavy atom. The number of carbonyl (C=O) groups is 2. The van der Waals surface area contributed by atoms with E-state index < -0.39 is 6.04 Å². The number of hydrogen-bond acceptors (Lipinski definition) is 6. The molecule has 3 aliphatic heterocycles. The number of amides is 3. The topological polar surface area (TPSA) is 94.2 Å². The van der Waals surface area contributed by atoms with Gasteiger partial charge in [-0.15, -0.1) is 0 Å². The number of hydrogen-bond donors (Lipinski definition) is 0. The zero-order valence-corrected chi connectivity index (χ0v) is 19.3. The quantitative estimate of drug-likeness (QED) is 0.381. The molecule has 0 bridgehead atoms. The van der Waals surface area contributed by atoms with Crippen LogP contribution in [-0.4, -0.2) is 111 Å². The van der Waals surface area contributed by atoms with Crippen molar-refractivity contribution in [1.29, 1.82) is 0 Å². The van der Waals surface area contributed by atoms with Gasteiger partial charge in [0.2, 0.25) is 11.9 Å². The minimum atomic E-state index is -0.616. The monoisotopic (exact) mass is 446 g/mol. The fourth-order valence-corrected chi connectivity index (χ4v) is 4.95. The van der Waals surface area contributed by atoms with Crippen LogP contribution in [0.5, 0.6) is 0 Å². The van der Waals surface area contributed by atoms with Gasteiger partial charge in [0.05, 0.1) is 31.8 Å². The van der Waals surface area contributed by atoms with Crippen LogP contribution < -0.4 is 0 Å². The third kappa shape index (κ3) is 4.16. The second-order valence-electron chi connectivity index (χ2n) is 8.10. The highest BCUT2D eigenvalue weighted by Crippen LogP contribution is 2.25. The molecule has 0 aromatic carbocycles. The predicted octanol–water partition coefficient (Wildman–Crippen LogP) is 0.659. The van der Waals surface area contributed by atoms with E-state index in [4.69, 9.17) is 9.73 Å². The second-order valence-corrected chi connectivity index (χ2v) is 9.16. The van der Waals surface area contributed by atoms with Crippen LogP contribution >= 0.6 is 11.8 Å². The number of urea groups is 1. The molecule has 0 N–H and O–H groups in total. The Labute approximate surface area is 186 Å². The highest BCUT2D eigenvalue weighted by molar-refractivity contribution is 7.99. The van der Waals surface area contributed by atoms with Crippen LogP contribution in [0, 0.1) is 6.92 Å². The van der Waals surface area contributed by atoms with Gasteiger partial charge in [0.1, 0.15) is 0 Å². The van der Waals surface area contributed by atoms with Crippen molar-refractivity contribution >= 4 is 35.5 Å². The summed E-state index contributed by atoms with van der Waals surface area (Å²) in [6, 6.07) is 0.878. The summed E-state index contributed by atoms with van der Waals surface area (Å²) in [5.41, 5.74) is 0.914. The normalized spacial score (nSPS) is 26.5. The van der Waals surface area contributed by atoms with Crippen molar-refractivity contribution in [2.75, 3.05) is 39.5 Å². The van der Waals surface area contributed by atoms with Gasteiger partial charge in [-0.3, -0.25) is 19.2 Å². The summed E-state index contributed by atoms with van der Waals surface area (Å²) >= 11 is 1.54. The molecule has 4 heterocycles. The number of aryl methyl sites for hydroxylation is 1. The highest BCUT2D eigenvalue weighted by Gasteiger charge is 2.55. The summed E-state index contributed by atoms with van der Waals surface area (Å²) < 4.78 is 8.03. The average Bonchev–Trinajstić information content (AvgIpc) is 3.10. The zero-order valence-electron chi connectivity index (χ0n) is 18.5. The summed E-state index contributed by atoms with van der Waals surface area (Å²) in [5.74, 6) is 1.61. The molecule has 0 spiro atoms. The maximum Gasteiger partial charge on any atom is 0.392 e. The molecular formula is C20H28N7O3S+. The molecule has 3 aliphatic rings. The first-order valence-corrected chi connectivity index (χ1v) is 11.3. The summed E-state index contributed by atoms with van der Waals surface area (Å²) in [4.78, 5) is 43.7. The number of carbonyl (C=O) groups excluding carboxylic acids is 2. The molecule has 3 atom stereocenters. The van der Waals surface area contributed by atoms with E-state index in [1.54, 1.807) is 13.2 Å². The number of likely N-dealkylation sites (N-methyl/N-ethyl adjacent to an activating group) is 2. The molecule has 2 saturated heterocycles. The molecule has 166 valence electrons. The molecule has 2 fully saturated rings. The van der Waals surface area contributed by atoms with Crippen molar-refractivity contribution in [3.8, 4) is 0 Å². The van der Waals surface area contributed by atoms with Gasteiger partial charge in [0.25, 0.3) is 5.91 Å². The number of morpholine rings is 1. The van der Waals surface area contributed by atoms with Gasteiger partial charge in [0.15, 0.2) is 5.16 Å².